The maximum Gasteiger partial charge on any atom is 0.145 e. The zero-order valence-electron chi connectivity index (χ0n) is 20.6. The van der Waals surface area contributed by atoms with Crippen LogP contribution in [0.2, 0.25) is 0 Å². The number of fused-ring (bicyclic) bond motifs is 1. The molecule has 29 heavy (non-hydrogen) atoms. The van der Waals surface area contributed by atoms with Crippen molar-refractivity contribution in [3.63, 3.8) is 0 Å². The van der Waals surface area contributed by atoms with E-state index in [1.54, 1.807) is 24.1 Å². The average molecular weight is 400 g/mol. The molecule has 0 aromatic heterocycles. The molecule has 0 spiro atoms. The van der Waals surface area contributed by atoms with E-state index in [2.05, 4.69) is 65.6 Å². The molecule has 0 saturated carbocycles. The normalized spacial score (nSPS) is 17.4. The molecule has 0 heterocycles. The number of hydrogen-bond donors (Lipinski definition) is 0. The van der Waals surface area contributed by atoms with Crippen LogP contribution >= 0.6 is 0 Å². The second kappa shape index (κ2) is 11.1. The van der Waals surface area contributed by atoms with Crippen LogP contribution in [0, 0.1) is 6.92 Å². The van der Waals surface area contributed by atoms with Gasteiger partial charge in [0, 0.05) is 6.54 Å². The van der Waals surface area contributed by atoms with E-state index in [0.29, 0.717) is 10.8 Å². The third-order valence-electron chi connectivity index (χ3n) is 6.53. The topological polar surface area (TPSA) is 20.3 Å². The summed E-state index contributed by atoms with van der Waals surface area (Å²) >= 11 is 0. The van der Waals surface area contributed by atoms with Gasteiger partial charge in [0.05, 0.1) is 0 Å². The molecule has 0 N–H and O–H groups in total. The number of carbonyl (C=O) groups excluding carboxylic acids is 1. The van der Waals surface area contributed by atoms with Crippen LogP contribution < -0.4 is 0 Å². The van der Waals surface area contributed by atoms with Gasteiger partial charge in [-0.25, -0.2) is 0 Å². The molecule has 0 saturated heterocycles. The predicted octanol–water partition coefficient (Wildman–Crippen LogP) is 7.12. The van der Waals surface area contributed by atoms with Crippen LogP contribution in [-0.2, 0) is 22.2 Å². The minimum Gasteiger partial charge on any atom is -0.302 e. The van der Waals surface area contributed by atoms with Crippen molar-refractivity contribution in [1.82, 2.24) is 4.90 Å². The van der Waals surface area contributed by atoms with Crippen molar-refractivity contribution < 1.29 is 4.79 Å². The van der Waals surface area contributed by atoms with Crippen LogP contribution in [0.3, 0.4) is 0 Å². The smallest absolute Gasteiger partial charge is 0.145 e. The highest BCUT2D eigenvalue weighted by Crippen LogP contribution is 2.46. The Bertz CT molecular complexity index is 697. The Labute approximate surface area is 180 Å². The first-order valence-corrected chi connectivity index (χ1v) is 11.4. The largest absolute Gasteiger partial charge is 0.302 e. The number of carbonyl (C=O) groups is 1. The molecule has 0 aliphatic heterocycles. The van der Waals surface area contributed by atoms with Crippen molar-refractivity contribution >= 4 is 6.29 Å². The molecule has 0 unspecified atom stereocenters. The van der Waals surface area contributed by atoms with Gasteiger partial charge in [0.15, 0.2) is 0 Å². The van der Waals surface area contributed by atoms with Gasteiger partial charge in [-0.1, -0.05) is 65.7 Å². The fourth-order valence-electron chi connectivity index (χ4n) is 4.01. The van der Waals surface area contributed by atoms with Crippen molar-refractivity contribution in [2.45, 2.75) is 105 Å². The molecule has 1 aromatic carbocycles. The van der Waals surface area contributed by atoms with E-state index in [1.807, 2.05) is 6.92 Å². The monoisotopic (exact) mass is 399 g/mol. The summed E-state index contributed by atoms with van der Waals surface area (Å²) < 4.78 is 0. The molecule has 1 aliphatic carbocycles. The van der Waals surface area contributed by atoms with Crippen LogP contribution in [0.4, 0.5) is 0 Å². The number of unbranched alkanes of at least 4 members (excludes halogenated alkanes) is 2. The van der Waals surface area contributed by atoms with Crippen LogP contribution in [0.25, 0.3) is 0 Å². The fraction of sp³-hybridized carbons (Fsp3) is 0.667. The van der Waals surface area contributed by atoms with E-state index in [0.717, 1.165) is 18.4 Å². The summed E-state index contributed by atoms with van der Waals surface area (Å²) in [5.41, 5.74) is 7.59. The van der Waals surface area contributed by atoms with Crippen molar-refractivity contribution in [2.24, 2.45) is 0 Å². The number of aryl methyl sites for hydroxylation is 1. The van der Waals surface area contributed by atoms with Gasteiger partial charge >= 0.3 is 0 Å². The molecule has 2 nitrogen and oxygen atoms in total. The molecule has 2 rings (SSSR count). The Kier molecular flexibility index (Phi) is 9.82. The zero-order chi connectivity index (χ0) is 22.2. The molecule has 0 atom stereocenters. The Morgan fingerprint density at radius 3 is 2.07 bits per heavy atom. The number of hydrogen-bond acceptors (Lipinski definition) is 2. The number of allylic oxidation sites excluding steroid dienone is 2. The van der Waals surface area contributed by atoms with E-state index >= 15 is 0 Å². The van der Waals surface area contributed by atoms with Gasteiger partial charge in [0.1, 0.15) is 6.29 Å². The lowest BCUT2D eigenvalue weighted by Gasteiger charge is -2.42. The maximum absolute atomic E-state index is 9.67. The molecule has 0 amide bonds. The third-order valence-corrected chi connectivity index (χ3v) is 6.53. The van der Waals surface area contributed by atoms with E-state index < -0.39 is 0 Å². The second-order valence-corrected chi connectivity index (χ2v) is 10.2. The summed E-state index contributed by atoms with van der Waals surface area (Å²) in [5, 5.41) is 0. The molecule has 0 bridgehead atoms. The quantitative estimate of drug-likeness (QED) is 0.276. The Morgan fingerprint density at radius 2 is 1.62 bits per heavy atom. The van der Waals surface area contributed by atoms with Crippen molar-refractivity contribution in [3.05, 3.63) is 46.0 Å². The Morgan fingerprint density at radius 1 is 1.07 bits per heavy atom. The van der Waals surface area contributed by atoms with Gasteiger partial charge in [-0.2, -0.15) is 0 Å². The Hall–Kier alpha value is -1.41. The minimum atomic E-state index is 0.314. The fourth-order valence-corrected chi connectivity index (χ4v) is 4.01. The van der Waals surface area contributed by atoms with E-state index in [4.69, 9.17) is 0 Å². The van der Waals surface area contributed by atoms with E-state index in [-0.39, 0.29) is 0 Å². The second-order valence-electron chi connectivity index (χ2n) is 10.2. The first kappa shape index (κ1) is 25.6. The number of benzene rings is 1. The molecular formula is C27H45NO. The summed E-state index contributed by atoms with van der Waals surface area (Å²) in [6.07, 6.45) is 9.15. The Balaban J connectivity index is 0.000000612. The average Bonchev–Trinajstić information content (AvgIpc) is 2.67. The number of rotatable bonds is 7. The lowest BCUT2D eigenvalue weighted by atomic mass is 9.62. The van der Waals surface area contributed by atoms with Crippen molar-refractivity contribution in [2.75, 3.05) is 13.6 Å². The molecule has 164 valence electrons. The summed E-state index contributed by atoms with van der Waals surface area (Å²) in [4.78, 5) is 12.2. The van der Waals surface area contributed by atoms with Crippen LogP contribution in [-0.4, -0.2) is 24.8 Å². The third kappa shape index (κ3) is 7.41. The molecular weight excluding hydrogens is 354 g/mol. The van der Waals surface area contributed by atoms with Gasteiger partial charge < -0.3 is 4.90 Å². The SMILES string of the molecule is C/C=C(\C)C=O.CCCCCN(C)Cc1cc2c(cc1C)C(C)(C)CCC2(C)C. The van der Waals surface area contributed by atoms with Crippen LogP contribution in [0.5, 0.6) is 0 Å². The van der Waals surface area contributed by atoms with Crippen LogP contribution in [0.15, 0.2) is 23.8 Å². The molecule has 0 fully saturated rings. The molecule has 1 aromatic rings. The predicted molar refractivity (Wildman–Crippen MR) is 128 cm³/mol. The standard InChI is InChI=1S/C22H37N.C5H8O/c1-8-9-10-13-23(7)16-18-15-20-19(14-17(18)2)21(3,4)11-12-22(20,5)6;1-3-5(2)4-6/h14-15H,8-13,16H2,1-7H3;3-4H,1-2H3/b;5-3+. The maximum atomic E-state index is 9.67. The molecule has 0 radical (unpaired) electrons. The first-order chi connectivity index (χ1) is 13.5. The summed E-state index contributed by atoms with van der Waals surface area (Å²) in [7, 11) is 2.27. The summed E-state index contributed by atoms with van der Waals surface area (Å²) in [5.74, 6) is 0. The minimum absolute atomic E-state index is 0.314. The van der Waals surface area contributed by atoms with Crippen LogP contribution in [0.1, 0.15) is 103 Å². The van der Waals surface area contributed by atoms with E-state index in [9.17, 15) is 4.79 Å². The van der Waals surface area contributed by atoms with Crippen molar-refractivity contribution in [3.8, 4) is 0 Å². The highest BCUT2D eigenvalue weighted by molar-refractivity contribution is 5.71. The summed E-state index contributed by atoms with van der Waals surface area (Å²) in [6, 6.07) is 5.02. The van der Waals surface area contributed by atoms with E-state index in [1.165, 1.54) is 49.8 Å². The van der Waals surface area contributed by atoms with Gasteiger partial charge in [-0.05, 0) is 92.3 Å². The van der Waals surface area contributed by atoms with Crippen molar-refractivity contribution in [1.29, 1.82) is 0 Å². The van der Waals surface area contributed by atoms with Gasteiger partial charge in [0.2, 0.25) is 0 Å². The lowest BCUT2D eigenvalue weighted by molar-refractivity contribution is -0.104. The molecule has 1 aliphatic rings. The number of aldehydes is 1. The first-order valence-electron chi connectivity index (χ1n) is 11.4. The number of nitrogens with zero attached hydrogens (tertiary/aromatic N) is 1. The zero-order valence-corrected chi connectivity index (χ0v) is 20.6. The van der Waals surface area contributed by atoms with Gasteiger partial charge in [0.25, 0.3) is 0 Å². The lowest BCUT2D eigenvalue weighted by Crippen LogP contribution is -2.34. The highest BCUT2D eigenvalue weighted by atomic mass is 16.1. The van der Waals surface area contributed by atoms with Gasteiger partial charge in [-0.3, -0.25) is 4.79 Å². The highest BCUT2D eigenvalue weighted by Gasteiger charge is 2.37. The van der Waals surface area contributed by atoms with Gasteiger partial charge in [-0.15, -0.1) is 0 Å². The molecule has 2 heteroatoms. The summed E-state index contributed by atoms with van der Waals surface area (Å²) in [6.45, 7) is 20.1.